The van der Waals surface area contributed by atoms with Gasteiger partial charge in [-0.3, -0.25) is 4.99 Å². The number of rotatable bonds is 6. The van der Waals surface area contributed by atoms with E-state index in [1.807, 2.05) is 0 Å². The molecule has 1 heteroatoms. The van der Waals surface area contributed by atoms with Gasteiger partial charge in [0.1, 0.15) is 0 Å². The molecule has 0 amide bonds. The third-order valence-electron chi connectivity index (χ3n) is 2.47. The Morgan fingerprint density at radius 3 is 2.07 bits per heavy atom. The van der Waals surface area contributed by atoms with Gasteiger partial charge < -0.3 is 0 Å². The van der Waals surface area contributed by atoms with Gasteiger partial charge in [0.15, 0.2) is 0 Å². The smallest absolute Gasteiger partial charge is 0.0599 e. The van der Waals surface area contributed by atoms with Crippen LogP contribution in [0.2, 0.25) is 0 Å². The topological polar surface area (TPSA) is 12.4 Å². The van der Waals surface area contributed by atoms with E-state index in [0.29, 0.717) is 11.8 Å². The monoisotopic (exact) mass is 195 g/mol. The predicted octanol–water partition coefficient (Wildman–Crippen LogP) is 4.10. The highest BCUT2D eigenvalue weighted by Gasteiger charge is 2.04. The summed E-state index contributed by atoms with van der Waals surface area (Å²) in [6, 6.07) is 0. The van der Waals surface area contributed by atoms with Crippen LogP contribution >= 0.6 is 0 Å². The maximum atomic E-state index is 4.65. The quantitative estimate of drug-likeness (QED) is 0.447. The maximum absolute atomic E-state index is 4.65. The van der Waals surface area contributed by atoms with Crippen molar-refractivity contribution in [3.63, 3.8) is 0 Å². The lowest BCUT2D eigenvalue weighted by molar-refractivity contribution is 0.742. The maximum Gasteiger partial charge on any atom is 0.0599 e. The second kappa shape index (κ2) is 6.80. The summed E-state index contributed by atoms with van der Waals surface area (Å²) in [5, 5.41) is 0. The Kier molecular flexibility index (Phi) is 6.52. The van der Waals surface area contributed by atoms with Gasteiger partial charge in [-0.15, -0.1) is 0 Å². The van der Waals surface area contributed by atoms with E-state index in [1.54, 1.807) is 0 Å². The summed E-state index contributed by atoms with van der Waals surface area (Å²) in [6.45, 7) is 15.8. The van der Waals surface area contributed by atoms with Crippen LogP contribution in [0.3, 0.4) is 0 Å². The van der Waals surface area contributed by atoms with Gasteiger partial charge in [0.25, 0.3) is 0 Å². The van der Waals surface area contributed by atoms with Crippen molar-refractivity contribution in [2.24, 2.45) is 16.8 Å². The van der Waals surface area contributed by atoms with Crippen LogP contribution < -0.4 is 0 Å². The summed E-state index contributed by atoms with van der Waals surface area (Å²) in [6.07, 6.45) is 2.31. The second-order valence-electron chi connectivity index (χ2n) is 4.53. The van der Waals surface area contributed by atoms with Crippen LogP contribution in [0, 0.1) is 11.8 Å². The van der Waals surface area contributed by atoms with Gasteiger partial charge in [-0.25, -0.2) is 0 Å². The lowest BCUT2D eigenvalue weighted by atomic mass is 10.0. The van der Waals surface area contributed by atoms with Gasteiger partial charge >= 0.3 is 0 Å². The SMILES string of the molecule is C=C(CN=C(CCC)C(C)C)C(C)C. The fourth-order valence-corrected chi connectivity index (χ4v) is 1.19. The first-order valence-corrected chi connectivity index (χ1v) is 5.69. The summed E-state index contributed by atoms with van der Waals surface area (Å²) in [5.74, 6) is 1.13. The van der Waals surface area contributed by atoms with Gasteiger partial charge in [-0.05, 0) is 18.3 Å². The molecule has 0 rings (SSSR count). The Bertz CT molecular complexity index is 199. The zero-order valence-electron chi connectivity index (χ0n) is 10.4. The molecular formula is C13H25N. The molecule has 0 N–H and O–H groups in total. The molecule has 0 aromatic rings. The van der Waals surface area contributed by atoms with E-state index in [4.69, 9.17) is 0 Å². The third-order valence-corrected chi connectivity index (χ3v) is 2.47. The van der Waals surface area contributed by atoms with Crippen molar-refractivity contribution in [2.75, 3.05) is 6.54 Å². The highest BCUT2D eigenvalue weighted by atomic mass is 14.7. The molecule has 0 unspecified atom stereocenters. The predicted molar refractivity (Wildman–Crippen MR) is 66.0 cm³/mol. The molecule has 0 radical (unpaired) electrons. The average Bonchev–Trinajstić information content (AvgIpc) is 2.10. The van der Waals surface area contributed by atoms with E-state index in [9.17, 15) is 0 Å². The van der Waals surface area contributed by atoms with Crippen molar-refractivity contribution >= 4 is 5.71 Å². The standard InChI is InChI=1S/C13H25N/c1-7-8-13(11(4)5)14-9-12(6)10(2)3/h10-11H,6-9H2,1-5H3. The molecule has 0 fully saturated rings. The first-order valence-electron chi connectivity index (χ1n) is 5.69. The summed E-state index contributed by atoms with van der Waals surface area (Å²) >= 11 is 0. The van der Waals surface area contributed by atoms with Crippen LogP contribution in [0.5, 0.6) is 0 Å². The molecule has 0 saturated heterocycles. The molecule has 0 aliphatic rings. The van der Waals surface area contributed by atoms with E-state index in [2.05, 4.69) is 46.2 Å². The fraction of sp³-hybridized carbons (Fsp3) is 0.769. The van der Waals surface area contributed by atoms with E-state index in [-0.39, 0.29) is 0 Å². The Morgan fingerprint density at radius 2 is 1.71 bits per heavy atom. The first kappa shape index (κ1) is 13.4. The van der Waals surface area contributed by atoms with Gasteiger partial charge in [-0.2, -0.15) is 0 Å². The molecule has 82 valence electrons. The summed E-state index contributed by atoms with van der Waals surface area (Å²) in [5.41, 5.74) is 2.58. The largest absolute Gasteiger partial charge is 0.289 e. The average molecular weight is 195 g/mol. The zero-order chi connectivity index (χ0) is 11.1. The lowest BCUT2D eigenvalue weighted by Gasteiger charge is -2.11. The molecule has 1 nitrogen and oxygen atoms in total. The Labute approximate surface area is 89.3 Å². The third kappa shape index (κ3) is 5.21. The first-order chi connectivity index (χ1) is 6.49. The van der Waals surface area contributed by atoms with Crippen molar-refractivity contribution in [2.45, 2.75) is 47.5 Å². The molecule has 0 spiro atoms. The van der Waals surface area contributed by atoms with Crippen molar-refractivity contribution in [1.82, 2.24) is 0 Å². The molecule has 0 bridgehead atoms. The van der Waals surface area contributed by atoms with Crippen LogP contribution in [0.1, 0.15) is 47.5 Å². The fourth-order valence-electron chi connectivity index (χ4n) is 1.19. The normalized spacial score (nSPS) is 12.6. The zero-order valence-corrected chi connectivity index (χ0v) is 10.4. The van der Waals surface area contributed by atoms with E-state index >= 15 is 0 Å². The summed E-state index contributed by atoms with van der Waals surface area (Å²) < 4.78 is 0. The summed E-state index contributed by atoms with van der Waals surface area (Å²) in [4.78, 5) is 4.65. The van der Waals surface area contributed by atoms with Crippen molar-refractivity contribution in [3.8, 4) is 0 Å². The van der Waals surface area contributed by atoms with Crippen molar-refractivity contribution in [3.05, 3.63) is 12.2 Å². The van der Waals surface area contributed by atoms with Crippen LogP contribution in [0.4, 0.5) is 0 Å². The van der Waals surface area contributed by atoms with E-state index in [1.165, 1.54) is 17.7 Å². The molecular weight excluding hydrogens is 170 g/mol. The Hall–Kier alpha value is -0.590. The van der Waals surface area contributed by atoms with Crippen LogP contribution in [0.25, 0.3) is 0 Å². The number of aliphatic imine (C=N–C) groups is 1. The highest BCUT2D eigenvalue weighted by molar-refractivity contribution is 5.86. The molecule has 0 atom stereocenters. The van der Waals surface area contributed by atoms with Crippen molar-refractivity contribution in [1.29, 1.82) is 0 Å². The van der Waals surface area contributed by atoms with Crippen LogP contribution in [-0.4, -0.2) is 12.3 Å². The molecule has 0 aliphatic carbocycles. The van der Waals surface area contributed by atoms with Crippen molar-refractivity contribution < 1.29 is 0 Å². The van der Waals surface area contributed by atoms with Gasteiger partial charge in [0.05, 0.1) is 6.54 Å². The molecule has 0 aliphatic heterocycles. The minimum Gasteiger partial charge on any atom is -0.289 e. The molecule has 0 aromatic carbocycles. The molecule has 14 heavy (non-hydrogen) atoms. The Morgan fingerprint density at radius 1 is 1.14 bits per heavy atom. The minimum absolute atomic E-state index is 0.550. The van der Waals surface area contributed by atoms with E-state index in [0.717, 1.165) is 13.0 Å². The molecule has 0 aromatic heterocycles. The molecule has 0 saturated carbocycles. The lowest BCUT2D eigenvalue weighted by Crippen LogP contribution is -2.09. The second-order valence-corrected chi connectivity index (χ2v) is 4.53. The highest BCUT2D eigenvalue weighted by Crippen LogP contribution is 2.10. The van der Waals surface area contributed by atoms with Crippen LogP contribution in [0.15, 0.2) is 17.1 Å². The number of nitrogens with zero attached hydrogens (tertiary/aromatic N) is 1. The van der Waals surface area contributed by atoms with E-state index < -0.39 is 0 Å². The van der Waals surface area contributed by atoms with Gasteiger partial charge in [0.2, 0.25) is 0 Å². The van der Waals surface area contributed by atoms with Crippen LogP contribution in [-0.2, 0) is 0 Å². The number of hydrogen-bond acceptors (Lipinski definition) is 1. The number of hydrogen-bond donors (Lipinski definition) is 0. The Balaban J connectivity index is 4.22. The minimum atomic E-state index is 0.550. The van der Waals surface area contributed by atoms with Gasteiger partial charge in [0, 0.05) is 5.71 Å². The summed E-state index contributed by atoms with van der Waals surface area (Å²) in [7, 11) is 0. The molecule has 0 heterocycles. The van der Waals surface area contributed by atoms with Gasteiger partial charge in [-0.1, -0.05) is 53.2 Å².